The van der Waals surface area contributed by atoms with Crippen LogP contribution < -0.4 is 5.73 Å². The van der Waals surface area contributed by atoms with E-state index in [1.54, 1.807) is 0 Å². The van der Waals surface area contributed by atoms with Crippen LogP contribution in [0.3, 0.4) is 0 Å². The van der Waals surface area contributed by atoms with Crippen molar-refractivity contribution in [2.75, 3.05) is 39.4 Å². The molecule has 1 aliphatic heterocycles. The summed E-state index contributed by atoms with van der Waals surface area (Å²) in [6, 6.07) is 9.01. The fourth-order valence-electron chi connectivity index (χ4n) is 2.66. The van der Waals surface area contributed by atoms with Crippen molar-refractivity contribution in [1.82, 2.24) is 4.90 Å². The number of rotatable bonds is 6. The van der Waals surface area contributed by atoms with E-state index in [0.717, 1.165) is 39.3 Å². The predicted octanol–water partition coefficient (Wildman–Crippen LogP) is 2.01. The van der Waals surface area contributed by atoms with E-state index < -0.39 is 0 Å². The Balaban J connectivity index is 1.95. The van der Waals surface area contributed by atoms with E-state index in [0.29, 0.717) is 12.5 Å². The minimum absolute atomic E-state index is 0.439. The summed E-state index contributed by atoms with van der Waals surface area (Å²) >= 11 is 0. The smallest absolute Gasteiger partial charge is 0.0594 e. The molecule has 2 N–H and O–H groups in total. The molecule has 0 bridgehead atoms. The van der Waals surface area contributed by atoms with Crippen LogP contribution >= 0.6 is 0 Å². The first kappa shape index (κ1) is 14.5. The van der Waals surface area contributed by atoms with Crippen LogP contribution in [0.25, 0.3) is 0 Å². The minimum atomic E-state index is 0.439. The van der Waals surface area contributed by atoms with Gasteiger partial charge in [0.05, 0.1) is 13.2 Å². The maximum absolute atomic E-state index is 5.96. The molecule has 0 radical (unpaired) electrons. The molecule has 0 aliphatic carbocycles. The molecule has 1 aromatic rings. The molecule has 1 aromatic carbocycles. The second-order valence-corrected chi connectivity index (χ2v) is 5.34. The Morgan fingerprint density at radius 2 is 1.89 bits per heavy atom. The highest BCUT2D eigenvalue weighted by Gasteiger charge is 2.17. The Morgan fingerprint density at radius 1 is 1.21 bits per heavy atom. The molecular formula is C16H26N2O. The van der Waals surface area contributed by atoms with E-state index in [1.807, 2.05) is 0 Å². The molecule has 0 aromatic heterocycles. The molecule has 1 aliphatic rings. The lowest BCUT2D eigenvalue weighted by atomic mass is 9.96. The first-order valence-electron chi connectivity index (χ1n) is 7.42. The van der Waals surface area contributed by atoms with Crippen LogP contribution in [0.4, 0.5) is 0 Å². The molecule has 1 fully saturated rings. The third-order valence-corrected chi connectivity index (χ3v) is 3.86. The molecule has 3 heteroatoms. The van der Waals surface area contributed by atoms with Crippen LogP contribution in [0, 0.1) is 0 Å². The molecule has 3 nitrogen and oxygen atoms in total. The number of nitrogens with two attached hydrogens (primary N) is 1. The van der Waals surface area contributed by atoms with Gasteiger partial charge in [-0.15, -0.1) is 0 Å². The number of morpholine rings is 1. The van der Waals surface area contributed by atoms with Gasteiger partial charge in [0.1, 0.15) is 0 Å². The third kappa shape index (κ3) is 4.30. The summed E-state index contributed by atoms with van der Waals surface area (Å²) in [6.07, 6.45) is 2.37. The largest absolute Gasteiger partial charge is 0.379 e. The topological polar surface area (TPSA) is 38.5 Å². The molecule has 0 amide bonds. The molecule has 19 heavy (non-hydrogen) atoms. The van der Waals surface area contributed by atoms with Gasteiger partial charge in [0.15, 0.2) is 0 Å². The molecule has 1 saturated heterocycles. The number of ether oxygens (including phenoxy) is 1. The van der Waals surface area contributed by atoms with Gasteiger partial charge in [0, 0.05) is 32.1 Å². The van der Waals surface area contributed by atoms with Gasteiger partial charge in [-0.05, 0) is 17.5 Å². The quantitative estimate of drug-likeness (QED) is 0.852. The summed E-state index contributed by atoms with van der Waals surface area (Å²) in [7, 11) is 0. The van der Waals surface area contributed by atoms with Gasteiger partial charge in [0.25, 0.3) is 0 Å². The van der Waals surface area contributed by atoms with Crippen LogP contribution in [0.1, 0.15) is 30.4 Å². The number of aryl methyl sites for hydroxylation is 1. The molecule has 1 unspecified atom stereocenters. The van der Waals surface area contributed by atoms with Crippen LogP contribution in [0.5, 0.6) is 0 Å². The monoisotopic (exact) mass is 262 g/mol. The minimum Gasteiger partial charge on any atom is -0.379 e. The van der Waals surface area contributed by atoms with Crippen molar-refractivity contribution in [3.63, 3.8) is 0 Å². The van der Waals surface area contributed by atoms with E-state index in [2.05, 4.69) is 36.1 Å². The first-order valence-corrected chi connectivity index (χ1v) is 7.42. The molecule has 1 heterocycles. The lowest BCUT2D eigenvalue weighted by Gasteiger charge is -2.30. The zero-order valence-electron chi connectivity index (χ0n) is 12.0. The lowest BCUT2D eigenvalue weighted by Crippen LogP contribution is -2.40. The maximum atomic E-state index is 5.96. The van der Waals surface area contributed by atoms with Crippen LogP contribution in [0.15, 0.2) is 24.3 Å². The van der Waals surface area contributed by atoms with Crippen molar-refractivity contribution in [1.29, 1.82) is 0 Å². The van der Waals surface area contributed by atoms with E-state index in [1.165, 1.54) is 17.5 Å². The maximum Gasteiger partial charge on any atom is 0.0594 e. The van der Waals surface area contributed by atoms with Gasteiger partial charge >= 0.3 is 0 Å². The summed E-state index contributed by atoms with van der Waals surface area (Å²) in [5, 5.41) is 0. The average molecular weight is 262 g/mol. The Hall–Kier alpha value is -0.900. The van der Waals surface area contributed by atoms with Gasteiger partial charge in [-0.25, -0.2) is 0 Å². The van der Waals surface area contributed by atoms with E-state index >= 15 is 0 Å². The Labute approximate surface area is 116 Å². The number of nitrogens with zero attached hydrogens (tertiary/aromatic N) is 1. The lowest BCUT2D eigenvalue weighted by molar-refractivity contribution is 0.0353. The van der Waals surface area contributed by atoms with Gasteiger partial charge in [-0.3, -0.25) is 4.90 Å². The third-order valence-electron chi connectivity index (χ3n) is 3.86. The summed E-state index contributed by atoms with van der Waals surface area (Å²) in [6.45, 7) is 7.75. The van der Waals surface area contributed by atoms with Gasteiger partial charge in [-0.1, -0.05) is 37.6 Å². The number of hydrogen-bond donors (Lipinski definition) is 1. The number of hydrogen-bond acceptors (Lipinski definition) is 3. The van der Waals surface area contributed by atoms with Crippen LogP contribution in [-0.2, 0) is 11.2 Å². The van der Waals surface area contributed by atoms with Gasteiger partial charge < -0.3 is 10.5 Å². The van der Waals surface area contributed by atoms with Gasteiger partial charge in [-0.2, -0.15) is 0 Å². The molecule has 106 valence electrons. The van der Waals surface area contributed by atoms with Crippen LogP contribution in [0.2, 0.25) is 0 Å². The highest BCUT2D eigenvalue weighted by molar-refractivity contribution is 5.26. The number of benzene rings is 1. The van der Waals surface area contributed by atoms with Crippen molar-refractivity contribution >= 4 is 0 Å². The zero-order valence-corrected chi connectivity index (χ0v) is 12.0. The van der Waals surface area contributed by atoms with Crippen molar-refractivity contribution in [2.24, 2.45) is 5.73 Å². The molecule has 1 atom stereocenters. The average Bonchev–Trinajstić information content (AvgIpc) is 2.47. The highest BCUT2D eigenvalue weighted by atomic mass is 16.5. The van der Waals surface area contributed by atoms with Crippen molar-refractivity contribution in [3.8, 4) is 0 Å². The van der Waals surface area contributed by atoms with Crippen molar-refractivity contribution in [2.45, 2.75) is 25.7 Å². The summed E-state index contributed by atoms with van der Waals surface area (Å²) in [5.74, 6) is 0.439. The van der Waals surface area contributed by atoms with E-state index in [-0.39, 0.29) is 0 Å². The second-order valence-electron chi connectivity index (χ2n) is 5.34. The van der Waals surface area contributed by atoms with Crippen molar-refractivity contribution in [3.05, 3.63) is 35.4 Å². The van der Waals surface area contributed by atoms with E-state index in [4.69, 9.17) is 10.5 Å². The molecular weight excluding hydrogens is 236 g/mol. The SMILES string of the molecule is CCCc1ccc(C(CN)CN2CCOCC2)cc1. The highest BCUT2D eigenvalue weighted by Crippen LogP contribution is 2.18. The molecule has 2 rings (SSSR count). The first-order chi connectivity index (χ1) is 9.33. The summed E-state index contributed by atoms with van der Waals surface area (Å²) < 4.78 is 5.39. The van der Waals surface area contributed by atoms with E-state index in [9.17, 15) is 0 Å². The van der Waals surface area contributed by atoms with Crippen LogP contribution in [-0.4, -0.2) is 44.3 Å². The fraction of sp³-hybridized carbons (Fsp3) is 0.625. The normalized spacial score (nSPS) is 18.4. The second kappa shape index (κ2) is 7.63. The van der Waals surface area contributed by atoms with Gasteiger partial charge in [0.2, 0.25) is 0 Å². The standard InChI is InChI=1S/C16H26N2O/c1-2-3-14-4-6-15(7-5-14)16(12-17)13-18-8-10-19-11-9-18/h4-7,16H,2-3,8-13,17H2,1H3. The Bertz CT molecular complexity index is 358. The Morgan fingerprint density at radius 3 is 2.47 bits per heavy atom. The van der Waals surface area contributed by atoms with Crippen molar-refractivity contribution < 1.29 is 4.74 Å². The Kier molecular flexibility index (Phi) is 5.83. The summed E-state index contributed by atoms with van der Waals surface area (Å²) in [5.41, 5.74) is 8.75. The predicted molar refractivity (Wildman–Crippen MR) is 79.5 cm³/mol. The summed E-state index contributed by atoms with van der Waals surface area (Å²) in [4.78, 5) is 2.46. The zero-order chi connectivity index (χ0) is 13.5. The molecule has 0 saturated carbocycles. The fourth-order valence-corrected chi connectivity index (χ4v) is 2.66. The molecule has 0 spiro atoms.